The summed E-state index contributed by atoms with van der Waals surface area (Å²) in [7, 11) is 5.01. The van der Waals surface area contributed by atoms with Crippen LogP contribution in [0, 0.1) is 0 Å². The van der Waals surface area contributed by atoms with Gasteiger partial charge in [0, 0.05) is 69.8 Å². The van der Waals surface area contributed by atoms with Crippen LogP contribution in [0.5, 0.6) is 17.2 Å². The van der Waals surface area contributed by atoms with E-state index in [1.165, 1.54) is 10.1 Å². The van der Waals surface area contributed by atoms with Gasteiger partial charge in [-0.15, -0.1) is 0 Å². The maximum Gasteiger partial charge on any atom is 0.276 e. The number of aryl methyl sites for hydroxylation is 1. The summed E-state index contributed by atoms with van der Waals surface area (Å²) in [5.74, 6) is 1.92. The highest BCUT2D eigenvalue weighted by molar-refractivity contribution is 6.00. The van der Waals surface area contributed by atoms with Gasteiger partial charge >= 0.3 is 0 Å². The number of pyridine rings is 1. The first-order valence-electron chi connectivity index (χ1n) is 17.8. The molecule has 0 aliphatic carbocycles. The summed E-state index contributed by atoms with van der Waals surface area (Å²) in [4.78, 5) is 55.9. The molecule has 2 aromatic carbocycles. The molecular formula is C38H45N7O7. The summed E-state index contributed by atoms with van der Waals surface area (Å²) < 4.78 is 19.1. The van der Waals surface area contributed by atoms with E-state index in [9.17, 15) is 19.2 Å². The third-order valence-electron chi connectivity index (χ3n) is 10.6. The number of benzene rings is 2. The van der Waals surface area contributed by atoms with Crippen molar-refractivity contribution >= 4 is 28.6 Å². The van der Waals surface area contributed by atoms with Crippen molar-refractivity contribution in [1.82, 2.24) is 34.8 Å². The third-order valence-corrected chi connectivity index (χ3v) is 10.6. The number of methoxy groups -OCH3 is 2. The zero-order valence-corrected chi connectivity index (χ0v) is 29.9. The normalized spacial score (nSPS) is 19.1. The van der Waals surface area contributed by atoms with Crippen LogP contribution >= 0.6 is 0 Å². The Labute approximate surface area is 301 Å². The quantitative estimate of drug-likeness (QED) is 0.235. The molecule has 2 aromatic heterocycles. The number of ether oxygens (including phenoxy) is 3. The van der Waals surface area contributed by atoms with Gasteiger partial charge in [-0.05, 0) is 67.2 Å². The van der Waals surface area contributed by atoms with Crippen molar-refractivity contribution in [2.24, 2.45) is 7.05 Å². The average molecular weight is 712 g/mol. The highest BCUT2D eigenvalue weighted by Gasteiger charge is 2.30. The van der Waals surface area contributed by atoms with Gasteiger partial charge in [0.25, 0.3) is 11.5 Å². The Hall–Kier alpha value is -5.21. The number of aromatic nitrogens is 3. The Morgan fingerprint density at radius 3 is 2.25 bits per heavy atom. The Kier molecular flexibility index (Phi) is 10.3. The maximum absolute atomic E-state index is 13.4. The van der Waals surface area contributed by atoms with E-state index in [2.05, 4.69) is 37.4 Å². The number of carbonyl (C=O) groups is 3. The lowest BCUT2D eigenvalue weighted by molar-refractivity contribution is -0.139. The number of imide groups is 1. The first-order chi connectivity index (χ1) is 25.2. The van der Waals surface area contributed by atoms with Crippen LogP contribution in [0.3, 0.4) is 0 Å². The first-order valence-corrected chi connectivity index (χ1v) is 17.8. The Balaban J connectivity index is 0.900. The van der Waals surface area contributed by atoms with Crippen molar-refractivity contribution in [2.75, 3.05) is 60.0 Å². The molecule has 3 aliphatic rings. The number of hydrogen-bond acceptors (Lipinski definition) is 10. The van der Waals surface area contributed by atoms with Crippen LogP contribution in [0.15, 0.2) is 53.6 Å². The standard InChI is InChI=1S/C38H45N7O7/c1-42-21-29(28-20-39-41-36(28)38(42)49)26-18-32(50-2)30(33(19-26)51-3)22-44-14-16-45(17-15-44)35(47)23-43-12-10-25(11-13-43)24-4-6-27(7-5-24)52-31-8-9-34(46)40-37(31)48/h4-7,18-21,25,31H,8-17,22-23H2,1-3H3,(H,39,41)(H,40,46,48). The number of piperidine rings is 2. The van der Waals surface area contributed by atoms with E-state index in [0.29, 0.717) is 61.3 Å². The molecule has 274 valence electrons. The van der Waals surface area contributed by atoms with Gasteiger partial charge in [-0.2, -0.15) is 5.10 Å². The highest BCUT2D eigenvalue weighted by atomic mass is 16.5. The summed E-state index contributed by atoms with van der Waals surface area (Å²) in [5, 5.41) is 9.97. The molecule has 1 atom stereocenters. The molecule has 2 N–H and O–H groups in total. The van der Waals surface area contributed by atoms with Gasteiger partial charge in [-0.1, -0.05) is 12.1 Å². The third kappa shape index (κ3) is 7.39. The summed E-state index contributed by atoms with van der Waals surface area (Å²) in [6.45, 7) is 5.52. The molecule has 4 aromatic rings. The van der Waals surface area contributed by atoms with Gasteiger partial charge in [0.15, 0.2) is 6.10 Å². The predicted molar refractivity (Wildman–Crippen MR) is 193 cm³/mol. The van der Waals surface area contributed by atoms with Gasteiger partial charge in [0.1, 0.15) is 22.8 Å². The molecular weight excluding hydrogens is 666 g/mol. The molecule has 3 amide bonds. The lowest BCUT2D eigenvalue weighted by atomic mass is 9.89. The molecule has 3 saturated heterocycles. The molecule has 7 rings (SSSR count). The number of rotatable bonds is 10. The number of amides is 3. The van der Waals surface area contributed by atoms with Crippen LogP contribution in [0.25, 0.3) is 22.0 Å². The number of likely N-dealkylation sites (tertiary alicyclic amines) is 1. The number of piperazine rings is 1. The van der Waals surface area contributed by atoms with E-state index >= 15 is 0 Å². The van der Waals surface area contributed by atoms with Crippen LogP contribution in [0.4, 0.5) is 0 Å². The number of nitrogens with one attached hydrogen (secondary N) is 2. The minimum absolute atomic E-state index is 0.144. The topological polar surface area (TPSA) is 151 Å². The molecule has 3 fully saturated rings. The fourth-order valence-electron chi connectivity index (χ4n) is 7.54. The first kappa shape index (κ1) is 35.2. The van der Waals surface area contributed by atoms with Crippen molar-refractivity contribution in [3.05, 3.63) is 70.3 Å². The van der Waals surface area contributed by atoms with Crippen molar-refractivity contribution in [3.8, 4) is 28.4 Å². The molecule has 0 radical (unpaired) electrons. The van der Waals surface area contributed by atoms with Crippen LogP contribution < -0.4 is 25.1 Å². The Morgan fingerprint density at radius 2 is 1.60 bits per heavy atom. The van der Waals surface area contributed by atoms with E-state index in [1.54, 1.807) is 33.7 Å². The molecule has 0 saturated carbocycles. The van der Waals surface area contributed by atoms with Gasteiger partial charge in [0.05, 0.1) is 32.5 Å². The van der Waals surface area contributed by atoms with Crippen molar-refractivity contribution in [3.63, 3.8) is 0 Å². The van der Waals surface area contributed by atoms with E-state index in [-0.39, 0.29) is 29.7 Å². The number of carbonyl (C=O) groups excluding carboxylic acids is 3. The largest absolute Gasteiger partial charge is 0.496 e. The van der Waals surface area contributed by atoms with Gasteiger partial charge in [-0.3, -0.25) is 39.4 Å². The summed E-state index contributed by atoms with van der Waals surface area (Å²) >= 11 is 0. The summed E-state index contributed by atoms with van der Waals surface area (Å²) in [5.41, 5.74) is 4.16. The summed E-state index contributed by atoms with van der Waals surface area (Å²) in [6, 6.07) is 11.8. The van der Waals surface area contributed by atoms with Crippen molar-refractivity contribution in [1.29, 1.82) is 0 Å². The molecule has 0 bridgehead atoms. The fourth-order valence-corrected chi connectivity index (χ4v) is 7.54. The van der Waals surface area contributed by atoms with Crippen molar-refractivity contribution < 1.29 is 28.6 Å². The number of H-pyrrole nitrogens is 1. The maximum atomic E-state index is 13.4. The number of fused-ring (bicyclic) bond motifs is 1. The Bertz CT molecular complexity index is 1980. The van der Waals surface area contributed by atoms with E-state index in [1.807, 2.05) is 29.2 Å². The highest BCUT2D eigenvalue weighted by Crippen LogP contribution is 2.38. The predicted octanol–water partition coefficient (Wildman–Crippen LogP) is 2.65. The molecule has 1 unspecified atom stereocenters. The average Bonchev–Trinajstić information content (AvgIpc) is 3.66. The second kappa shape index (κ2) is 15.2. The Morgan fingerprint density at radius 1 is 0.904 bits per heavy atom. The number of hydrogen-bond donors (Lipinski definition) is 2. The molecule has 14 nitrogen and oxygen atoms in total. The van der Waals surface area contributed by atoms with E-state index < -0.39 is 6.10 Å². The molecule has 3 aliphatic heterocycles. The van der Waals surface area contributed by atoms with E-state index in [0.717, 1.165) is 61.1 Å². The van der Waals surface area contributed by atoms with E-state index in [4.69, 9.17) is 14.2 Å². The minimum atomic E-state index is -0.646. The van der Waals surface area contributed by atoms with Crippen LogP contribution in [0.1, 0.15) is 42.7 Å². The summed E-state index contributed by atoms with van der Waals surface area (Å²) in [6.07, 6.45) is 5.41. The van der Waals surface area contributed by atoms with Crippen LogP contribution in [-0.4, -0.2) is 113 Å². The molecule has 5 heterocycles. The molecule has 14 heteroatoms. The molecule has 52 heavy (non-hydrogen) atoms. The number of aromatic amines is 1. The zero-order chi connectivity index (χ0) is 36.4. The van der Waals surface area contributed by atoms with Crippen LogP contribution in [0.2, 0.25) is 0 Å². The SMILES string of the molecule is COc1cc(-c2cn(C)c(=O)c3[nH]ncc23)cc(OC)c1CN1CCN(C(=O)CN2CCC(c3ccc(OC4CCC(=O)NC4=O)cc3)CC2)CC1. The fraction of sp³-hybridized carbons (Fsp3) is 0.447. The van der Waals surface area contributed by atoms with Gasteiger partial charge in [0.2, 0.25) is 11.8 Å². The second-order valence-corrected chi connectivity index (χ2v) is 13.8. The minimum Gasteiger partial charge on any atom is -0.496 e. The van der Waals surface area contributed by atoms with Crippen molar-refractivity contribution in [2.45, 2.75) is 44.2 Å². The monoisotopic (exact) mass is 711 g/mol. The van der Waals surface area contributed by atoms with Gasteiger partial charge < -0.3 is 23.7 Å². The molecule has 0 spiro atoms. The lowest BCUT2D eigenvalue weighted by Crippen LogP contribution is -2.51. The second-order valence-electron chi connectivity index (χ2n) is 13.8. The smallest absolute Gasteiger partial charge is 0.276 e. The lowest BCUT2D eigenvalue weighted by Gasteiger charge is -2.37. The number of nitrogens with zero attached hydrogens (tertiary/aromatic N) is 5. The van der Waals surface area contributed by atoms with Gasteiger partial charge in [-0.25, -0.2) is 0 Å². The zero-order valence-electron chi connectivity index (χ0n) is 29.9. The van der Waals surface area contributed by atoms with Crippen LogP contribution in [-0.2, 0) is 28.0 Å².